The highest BCUT2D eigenvalue weighted by Gasteiger charge is 2.16. The van der Waals surface area contributed by atoms with Crippen molar-refractivity contribution < 1.29 is 4.39 Å². The SMILES string of the molecule is Cl.NCc1ccc2c(c1F)CCC2. The summed E-state index contributed by atoms with van der Waals surface area (Å²) in [6.45, 7) is 0.305. The summed E-state index contributed by atoms with van der Waals surface area (Å²) in [4.78, 5) is 0. The largest absolute Gasteiger partial charge is 0.326 e. The van der Waals surface area contributed by atoms with E-state index >= 15 is 0 Å². The van der Waals surface area contributed by atoms with E-state index in [-0.39, 0.29) is 18.2 Å². The number of hydrogen-bond acceptors (Lipinski definition) is 1. The third-order valence-electron chi connectivity index (χ3n) is 2.51. The summed E-state index contributed by atoms with van der Waals surface area (Å²) in [5, 5.41) is 0. The van der Waals surface area contributed by atoms with Crippen LogP contribution in [-0.2, 0) is 19.4 Å². The Morgan fingerprint density at radius 3 is 2.77 bits per heavy atom. The van der Waals surface area contributed by atoms with Crippen LogP contribution in [0.3, 0.4) is 0 Å². The summed E-state index contributed by atoms with van der Waals surface area (Å²) < 4.78 is 13.5. The number of halogens is 2. The standard InChI is InChI=1S/C10H12FN.ClH/c11-10-8(6-12)5-4-7-2-1-3-9(7)10;/h4-5H,1-3,6,12H2;1H. The van der Waals surface area contributed by atoms with E-state index < -0.39 is 0 Å². The van der Waals surface area contributed by atoms with Gasteiger partial charge < -0.3 is 5.73 Å². The Hall–Kier alpha value is -0.600. The Morgan fingerprint density at radius 1 is 1.31 bits per heavy atom. The summed E-state index contributed by atoms with van der Waals surface area (Å²) in [6, 6.07) is 3.81. The molecule has 0 radical (unpaired) electrons. The highest BCUT2D eigenvalue weighted by atomic mass is 35.5. The number of hydrogen-bond donors (Lipinski definition) is 1. The van der Waals surface area contributed by atoms with Gasteiger partial charge in [-0.15, -0.1) is 12.4 Å². The van der Waals surface area contributed by atoms with Gasteiger partial charge in [-0.3, -0.25) is 0 Å². The Kier molecular flexibility index (Phi) is 3.28. The zero-order chi connectivity index (χ0) is 8.55. The quantitative estimate of drug-likeness (QED) is 0.741. The van der Waals surface area contributed by atoms with E-state index in [0.717, 1.165) is 24.8 Å². The molecule has 1 aromatic carbocycles. The fourth-order valence-electron chi connectivity index (χ4n) is 1.83. The van der Waals surface area contributed by atoms with Gasteiger partial charge in [-0.25, -0.2) is 4.39 Å². The molecule has 0 saturated heterocycles. The van der Waals surface area contributed by atoms with Crippen molar-refractivity contribution in [1.29, 1.82) is 0 Å². The second kappa shape index (κ2) is 4.07. The lowest BCUT2D eigenvalue weighted by molar-refractivity contribution is 0.596. The van der Waals surface area contributed by atoms with Gasteiger partial charge >= 0.3 is 0 Å². The molecule has 3 heteroatoms. The molecule has 0 fully saturated rings. The van der Waals surface area contributed by atoms with Gasteiger partial charge in [-0.05, 0) is 30.4 Å². The molecule has 0 atom stereocenters. The van der Waals surface area contributed by atoms with E-state index in [4.69, 9.17) is 5.73 Å². The smallest absolute Gasteiger partial charge is 0.131 e. The van der Waals surface area contributed by atoms with Crippen LogP contribution in [0.2, 0.25) is 0 Å². The van der Waals surface area contributed by atoms with Gasteiger partial charge in [0.25, 0.3) is 0 Å². The first-order valence-corrected chi connectivity index (χ1v) is 4.32. The first-order valence-electron chi connectivity index (χ1n) is 4.32. The van der Waals surface area contributed by atoms with Crippen LogP contribution >= 0.6 is 12.4 Å². The minimum atomic E-state index is -0.0625. The van der Waals surface area contributed by atoms with Gasteiger partial charge in [0.15, 0.2) is 0 Å². The Balaban J connectivity index is 0.000000845. The van der Waals surface area contributed by atoms with Crippen molar-refractivity contribution in [3.05, 3.63) is 34.6 Å². The van der Waals surface area contributed by atoms with E-state index in [1.165, 1.54) is 5.56 Å². The molecule has 0 bridgehead atoms. The van der Waals surface area contributed by atoms with Crippen LogP contribution in [0.5, 0.6) is 0 Å². The molecule has 0 spiro atoms. The van der Waals surface area contributed by atoms with Crippen molar-refractivity contribution in [2.45, 2.75) is 25.8 Å². The third kappa shape index (κ3) is 1.69. The molecular formula is C10H13ClFN. The molecule has 0 heterocycles. The maximum absolute atomic E-state index is 13.5. The average Bonchev–Trinajstić information content (AvgIpc) is 2.53. The number of fused-ring (bicyclic) bond motifs is 1. The Morgan fingerprint density at radius 2 is 2.08 bits per heavy atom. The van der Waals surface area contributed by atoms with E-state index in [9.17, 15) is 4.39 Å². The number of nitrogens with two attached hydrogens (primary N) is 1. The van der Waals surface area contributed by atoms with Crippen LogP contribution in [0.4, 0.5) is 4.39 Å². The van der Waals surface area contributed by atoms with E-state index in [1.807, 2.05) is 6.07 Å². The molecule has 0 saturated carbocycles. The summed E-state index contributed by atoms with van der Waals surface area (Å²) in [5.41, 5.74) is 8.13. The molecule has 0 unspecified atom stereocenters. The van der Waals surface area contributed by atoms with Crippen molar-refractivity contribution in [2.75, 3.05) is 0 Å². The van der Waals surface area contributed by atoms with Gasteiger partial charge in [0.1, 0.15) is 5.82 Å². The fraction of sp³-hybridized carbons (Fsp3) is 0.400. The topological polar surface area (TPSA) is 26.0 Å². The van der Waals surface area contributed by atoms with Gasteiger partial charge in [-0.2, -0.15) is 0 Å². The second-order valence-corrected chi connectivity index (χ2v) is 3.23. The highest BCUT2D eigenvalue weighted by molar-refractivity contribution is 5.85. The van der Waals surface area contributed by atoms with Gasteiger partial charge in [0.2, 0.25) is 0 Å². The molecule has 1 aliphatic carbocycles. The summed E-state index contributed by atoms with van der Waals surface area (Å²) in [7, 11) is 0. The van der Waals surface area contributed by atoms with Gasteiger partial charge in [-0.1, -0.05) is 12.1 Å². The van der Waals surface area contributed by atoms with Crippen molar-refractivity contribution in [2.24, 2.45) is 5.73 Å². The first kappa shape index (κ1) is 10.5. The molecule has 0 amide bonds. The number of rotatable bonds is 1. The van der Waals surface area contributed by atoms with Crippen LogP contribution < -0.4 is 5.73 Å². The lowest BCUT2D eigenvalue weighted by atomic mass is 10.1. The predicted octanol–water partition coefficient (Wildman–Crippen LogP) is 2.19. The Bertz CT molecular complexity index is 312. The second-order valence-electron chi connectivity index (χ2n) is 3.23. The maximum atomic E-state index is 13.5. The zero-order valence-corrected chi connectivity index (χ0v) is 8.16. The fourth-order valence-corrected chi connectivity index (χ4v) is 1.83. The number of benzene rings is 1. The van der Waals surface area contributed by atoms with Crippen LogP contribution in [0.15, 0.2) is 12.1 Å². The van der Waals surface area contributed by atoms with Crippen molar-refractivity contribution >= 4 is 12.4 Å². The molecule has 0 aromatic heterocycles. The molecule has 0 aliphatic heterocycles. The molecule has 72 valence electrons. The predicted molar refractivity (Wildman–Crippen MR) is 53.6 cm³/mol. The van der Waals surface area contributed by atoms with Crippen LogP contribution in [0.25, 0.3) is 0 Å². The monoisotopic (exact) mass is 201 g/mol. The molecule has 1 aliphatic rings. The molecule has 2 N–H and O–H groups in total. The minimum absolute atomic E-state index is 0. The van der Waals surface area contributed by atoms with Gasteiger partial charge in [0.05, 0.1) is 0 Å². The number of aryl methyl sites for hydroxylation is 1. The van der Waals surface area contributed by atoms with E-state index in [2.05, 4.69) is 0 Å². The molecule has 13 heavy (non-hydrogen) atoms. The van der Waals surface area contributed by atoms with Crippen molar-refractivity contribution in [3.63, 3.8) is 0 Å². The lowest BCUT2D eigenvalue weighted by Crippen LogP contribution is -2.02. The van der Waals surface area contributed by atoms with Crippen molar-refractivity contribution in [1.82, 2.24) is 0 Å². The zero-order valence-electron chi connectivity index (χ0n) is 7.35. The van der Waals surface area contributed by atoms with Crippen molar-refractivity contribution in [3.8, 4) is 0 Å². The van der Waals surface area contributed by atoms with Crippen LogP contribution in [-0.4, -0.2) is 0 Å². The highest BCUT2D eigenvalue weighted by Crippen LogP contribution is 2.26. The summed E-state index contributed by atoms with van der Waals surface area (Å²) in [5.74, 6) is -0.0625. The van der Waals surface area contributed by atoms with E-state index in [0.29, 0.717) is 12.1 Å². The normalized spacial score (nSPS) is 13.7. The molecule has 1 nitrogen and oxygen atoms in total. The average molecular weight is 202 g/mol. The van der Waals surface area contributed by atoms with Crippen LogP contribution in [0, 0.1) is 5.82 Å². The van der Waals surface area contributed by atoms with E-state index in [1.54, 1.807) is 6.07 Å². The van der Waals surface area contributed by atoms with Crippen LogP contribution in [0.1, 0.15) is 23.1 Å². The Labute approximate surface area is 83.5 Å². The molecule has 2 rings (SSSR count). The maximum Gasteiger partial charge on any atom is 0.131 e. The molecule has 1 aromatic rings. The minimum Gasteiger partial charge on any atom is -0.326 e. The molecular weight excluding hydrogens is 189 g/mol. The lowest BCUT2D eigenvalue weighted by Gasteiger charge is -2.04. The summed E-state index contributed by atoms with van der Waals surface area (Å²) in [6.07, 6.45) is 2.99. The third-order valence-corrected chi connectivity index (χ3v) is 2.51. The van der Waals surface area contributed by atoms with Gasteiger partial charge in [0, 0.05) is 12.1 Å². The summed E-state index contributed by atoms with van der Waals surface area (Å²) >= 11 is 0. The first-order chi connectivity index (χ1) is 5.83.